The van der Waals surface area contributed by atoms with Crippen molar-refractivity contribution in [1.82, 2.24) is 24.3 Å². The van der Waals surface area contributed by atoms with E-state index >= 15 is 0 Å². The third kappa shape index (κ3) is 2.60. The summed E-state index contributed by atoms with van der Waals surface area (Å²) in [6, 6.07) is 24.4. The van der Waals surface area contributed by atoms with Gasteiger partial charge < -0.3 is 0 Å². The first-order valence-electron chi connectivity index (χ1n) is 9.24. The SMILES string of the molecule is Cc1cccc(C)c1-n1nc(-n2cnc3ccccc32)nc1-c1ccccc1. The van der Waals surface area contributed by atoms with Crippen molar-refractivity contribution in [1.29, 1.82) is 0 Å². The lowest BCUT2D eigenvalue weighted by Crippen LogP contribution is -2.05. The van der Waals surface area contributed by atoms with E-state index in [0.717, 1.165) is 39.2 Å². The second-order valence-corrected chi connectivity index (χ2v) is 6.86. The van der Waals surface area contributed by atoms with Crippen molar-refractivity contribution in [3.05, 3.63) is 90.3 Å². The molecule has 2 aromatic heterocycles. The maximum Gasteiger partial charge on any atom is 0.255 e. The lowest BCUT2D eigenvalue weighted by Gasteiger charge is -2.11. The molecule has 0 unspecified atom stereocenters. The van der Waals surface area contributed by atoms with E-state index in [-0.39, 0.29) is 0 Å². The van der Waals surface area contributed by atoms with Crippen molar-refractivity contribution in [3.8, 4) is 23.0 Å². The fourth-order valence-electron chi connectivity index (χ4n) is 3.59. The van der Waals surface area contributed by atoms with Gasteiger partial charge in [-0.25, -0.2) is 9.67 Å². The lowest BCUT2D eigenvalue weighted by molar-refractivity contribution is 0.843. The Balaban J connectivity index is 1.79. The van der Waals surface area contributed by atoms with Crippen molar-refractivity contribution in [2.45, 2.75) is 13.8 Å². The second kappa shape index (κ2) is 6.46. The van der Waals surface area contributed by atoms with Gasteiger partial charge in [0.25, 0.3) is 5.95 Å². The first-order valence-corrected chi connectivity index (χ1v) is 9.24. The molecule has 0 fully saturated rings. The van der Waals surface area contributed by atoms with E-state index in [1.807, 2.05) is 51.7 Å². The number of nitrogens with zero attached hydrogens (tertiary/aromatic N) is 5. The van der Waals surface area contributed by atoms with E-state index in [4.69, 9.17) is 10.1 Å². The molecule has 2 heterocycles. The Labute approximate surface area is 162 Å². The molecule has 0 aliphatic rings. The number of aryl methyl sites for hydroxylation is 2. The molecule has 0 N–H and O–H groups in total. The van der Waals surface area contributed by atoms with Crippen molar-refractivity contribution in [2.75, 3.05) is 0 Å². The highest BCUT2D eigenvalue weighted by Crippen LogP contribution is 2.27. The van der Waals surface area contributed by atoms with Crippen LogP contribution in [0.25, 0.3) is 34.1 Å². The van der Waals surface area contributed by atoms with Gasteiger partial charge in [0.2, 0.25) is 0 Å². The fraction of sp³-hybridized carbons (Fsp3) is 0.0870. The summed E-state index contributed by atoms with van der Waals surface area (Å²) in [5.41, 5.74) is 6.30. The smallest absolute Gasteiger partial charge is 0.255 e. The van der Waals surface area contributed by atoms with Crippen LogP contribution in [-0.4, -0.2) is 24.3 Å². The zero-order chi connectivity index (χ0) is 19.1. The largest absolute Gasteiger partial charge is 0.266 e. The number of para-hydroxylation sites is 3. The number of rotatable bonds is 3. The summed E-state index contributed by atoms with van der Waals surface area (Å²) >= 11 is 0. The molecule has 5 aromatic rings. The molecular formula is C23H19N5. The van der Waals surface area contributed by atoms with E-state index < -0.39 is 0 Å². The third-order valence-corrected chi connectivity index (χ3v) is 4.95. The molecule has 0 radical (unpaired) electrons. The monoisotopic (exact) mass is 365 g/mol. The Hall–Kier alpha value is -3.73. The van der Waals surface area contributed by atoms with Crippen molar-refractivity contribution >= 4 is 11.0 Å². The summed E-state index contributed by atoms with van der Waals surface area (Å²) in [5, 5.41) is 4.90. The molecule has 0 spiro atoms. The zero-order valence-corrected chi connectivity index (χ0v) is 15.7. The van der Waals surface area contributed by atoms with Crippen LogP contribution in [0.1, 0.15) is 11.1 Å². The highest BCUT2D eigenvalue weighted by atomic mass is 15.4. The Morgan fingerprint density at radius 2 is 1.46 bits per heavy atom. The van der Waals surface area contributed by atoms with Gasteiger partial charge in [0, 0.05) is 5.56 Å². The molecule has 28 heavy (non-hydrogen) atoms. The summed E-state index contributed by atoms with van der Waals surface area (Å²) in [4.78, 5) is 9.39. The predicted octanol–water partition coefficient (Wildman–Crippen LogP) is 4.89. The average Bonchev–Trinajstić information content (AvgIpc) is 3.33. The van der Waals surface area contributed by atoms with Crippen molar-refractivity contribution in [2.24, 2.45) is 0 Å². The van der Waals surface area contributed by atoms with Crippen LogP contribution in [-0.2, 0) is 0 Å². The fourth-order valence-corrected chi connectivity index (χ4v) is 3.59. The van der Waals surface area contributed by atoms with Gasteiger partial charge in [-0.15, -0.1) is 5.10 Å². The molecule has 0 bridgehead atoms. The molecule has 5 nitrogen and oxygen atoms in total. The van der Waals surface area contributed by atoms with E-state index in [0.29, 0.717) is 5.95 Å². The van der Waals surface area contributed by atoms with E-state index in [1.165, 1.54) is 0 Å². The molecule has 136 valence electrons. The quantitative estimate of drug-likeness (QED) is 0.457. The Morgan fingerprint density at radius 1 is 0.750 bits per heavy atom. The van der Waals surface area contributed by atoms with Crippen molar-refractivity contribution in [3.63, 3.8) is 0 Å². The zero-order valence-electron chi connectivity index (χ0n) is 15.7. The van der Waals surface area contributed by atoms with Gasteiger partial charge in [0.05, 0.1) is 16.7 Å². The molecule has 0 amide bonds. The van der Waals surface area contributed by atoms with E-state index in [1.54, 1.807) is 6.33 Å². The number of hydrogen-bond acceptors (Lipinski definition) is 3. The highest BCUT2D eigenvalue weighted by molar-refractivity contribution is 5.76. The van der Waals surface area contributed by atoms with Crippen LogP contribution in [0.5, 0.6) is 0 Å². The molecular weight excluding hydrogens is 346 g/mol. The maximum atomic E-state index is 4.91. The summed E-state index contributed by atoms with van der Waals surface area (Å²) < 4.78 is 3.88. The summed E-state index contributed by atoms with van der Waals surface area (Å²) in [6.45, 7) is 4.20. The maximum absolute atomic E-state index is 4.91. The molecule has 0 saturated heterocycles. The summed E-state index contributed by atoms with van der Waals surface area (Å²) in [6.07, 6.45) is 1.78. The van der Waals surface area contributed by atoms with Gasteiger partial charge >= 0.3 is 0 Å². The topological polar surface area (TPSA) is 48.5 Å². The van der Waals surface area contributed by atoms with Gasteiger partial charge in [0.15, 0.2) is 5.82 Å². The molecule has 0 saturated carbocycles. The van der Waals surface area contributed by atoms with Gasteiger partial charge in [0.1, 0.15) is 6.33 Å². The standard InChI is InChI=1S/C23H19N5/c1-16-9-8-10-17(2)21(16)28-22(18-11-4-3-5-12-18)25-23(26-28)27-15-24-19-13-6-7-14-20(19)27/h3-15H,1-2H3. The van der Waals surface area contributed by atoms with Crippen LogP contribution >= 0.6 is 0 Å². The minimum Gasteiger partial charge on any atom is -0.266 e. The molecule has 5 heteroatoms. The first-order chi connectivity index (χ1) is 13.7. The van der Waals surface area contributed by atoms with Crippen LogP contribution in [0, 0.1) is 13.8 Å². The van der Waals surface area contributed by atoms with Crippen LogP contribution in [0.4, 0.5) is 0 Å². The minimum atomic E-state index is 0.607. The summed E-state index contributed by atoms with van der Waals surface area (Å²) in [7, 11) is 0. The van der Waals surface area contributed by atoms with Crippen LogP contribution in [0.15, 0.2) is 79.1 Å². The second-order valence-electron chi connectivity index (χ2n) is 6.86. The third-order valence-electron chi connectivity index (χ3n) is 4.95. The average molecular weight is 365 g/mol. The van der Waals surface area contributed by atoms with Gasteiger partial charge in [-0.1, -0.05) is 60.7 Å². The van der Waals surface area contributed by atoms with E-state index in [2.05, 4.69) is 49.2 Å². The number of imidazole rings is 1. The lowest BCUT2D eigenvalue weighted by atomic mass is 10.1. The Kier molecular flexibility index (Phi) is 3.79. The number of aromatic nitrogens is 5. The predicted molar refractivity (Wildman–Crippen MR) is 111 cm³/mol. The van der Waals surface area contributed by atoms with Crippen LogP contribution in [0.3, 0.4) is 0 Å². The Bertz CT molecular complexity index is 1260. The van der Waals surface area contributed by atoms with Crippen LogP contribution in [0.2, 0.25) is 0 Å². The summed E-state index contributed by atoms with van der Waals surface area (Å²) in [5.74, 6) is 1.42. The normalized spacial score (nSPS) is 11.2. The number of hydrogen-bond donors (Lipinski definition) is 0. The van der Waals surface area contributed by atoms with Gasteiger partial charge in [-0.2, -0.15) is 4.98 Å². The Morgan fingerprint density at radius 3 is 2.25 bits per heavy atom. The molecule has 0 aliphatic heterocycles. The van der Waals surface area contributed by atoms with Crippen molar-refractivity contribution < 1.29 is 0 Å². The van der Waals surface area contributed by atoms with Crippen LogP contribution < -0.4 is 0 Å². The minimum absolute atomic E-state index is 0.607. The molecule has 0 aliphatic carbocycles. The molecule has 3 aromatic carbocycles. The molecule has 0 atom stereocenters. The van der Waals surface area contributed by atoms with E-state index in [9.17, 15) is 0 Å². The first kappa shape index (κ1) is 16.4. The number of fused-ring (bicyclic) bond motifs is 1. The number of benzene rings is 3. The van der Waals surface area contributed by atoms with Gasteiger partial charge in [-0.05, 0) is 37.1 Å². The highest BCUT2D eigenvalue weighted by Gasteiger charge is 2.18. The molecule has 5 rings (SSSR count). The van der Waals surface area contributed by atoms with Gasteiger partial charge in [-0.3, -0.25) is 4.57 Å².